The molecule has 0 radical (unpaired) electrons. The van der Waals surface area contributed by atoms with E-state index in [1.165, 1.54) is 0 Å². The van der Waals surface area contributed by atoms with Crippen LogP contribution in [0.4, 0.5) is 0 Å². The zero-order valence-electron chi connectivity index (χ0n) is 12.0. The van der Waals surface area contributed by atoms with Crippen molar-refractivity contribution >= 4 is 27.5 Å². The maximum Gasteiger partial charge on any atom is 0.195 e. The molecular weight excluding hydrogens is 352 g/mol. The van der Waals surface area contributed by atoms with Crippen LogP contribution in [0.1, 0.15) is 31.8 Å². The molecular formula is C20H11BrO2. The van der Waals surface area contributed by atoms with Crippen LogP contribution in [0.25, 0.3) is 11.1 Å². The van der Waals surface area contributed by atoms with Crippen molar-refractivity contribution in [2.24, 2.45) is 0 Å². The fourth-order valence-electron chi connectivity index (χ4n) is 3.05. The van der Waals surface area contributed by atoms with E-state index in [1.807, 2.05) is 36.4 Å². The number of fused-ring (bicyclic) bond motifs is 2. The van der Waals surface area contributed by atoms with Gasteiger partial charge in [-0.05, 0) is 17.2 Å². The molecule has 3 aromatic carbocycles. The number of hydrogen-bond donors (Lipinski definition) is 0. The topological polar surface area (TPSA) is 34.1 Å². The highest BCUT2D eigenvalue weighted by Crippen LogP contribution is 2.37. The van der Waals surface area contributed by atoms with Gasteiger partial charge in [0.05, 0.1) is 0 Å². The minimum Gasteiger partial charge on any atom is -0.289 e. The van der Waals surface area contributed by atoms with Crippen LogP contribution >= 0.6 is 15.9 Å². The Morgan fingerprint density at radius 2 is 1.04 bits per heavy atom. The van der Waals surface area contributed by atoms with Crippen molar-refractivity contribution in [2.45, 2.75) is 0 Å². The average molecular weight is 363 g/mol. The molecule has 0 aliphatic heterocycles. The molecule has 1 aliphatic carbocycles. The predicted molar refractivity (Wildman–Crippen MR) is 92.9 cm³/mol. The van der Waals surface area contributed by atoms with Crippen molar-refractivity contribution in [3.8, 4) is 11.1 Å². The van der Waals surface area contributed by atoms with E-state index in [-0.39, 0.29) is 11.6 Å². The first kappa shape index (κ1) is 14.1. The highest BCUT2D eigenvalue weighted by Gasteiger charge is 2.31. The Hall–Kier alpha value is -2.52. The van der Waals surface area contributed by atoms with Crippen LogP contribution in [0.2, 0.25) is 0 Å². The maximum atomic E-state index is 13.0. The van der Waals surface area contributed by atoms with Gasteiger partial charge in [-0.3, -0.25) is 9.59 Å². The van der Waals surface area contributed by atoms with Gasteiger partial charge in [-0.15, -0.1) is 0 Å². The zero-order valence-corrected chi connectivity index (χ0v) is 13.6. The summed E-state index contributed by atoms with van der Waals surface area (Å²) < 4.78 is 0.896. The Morgan fingerprint density at radius 3 is 1.74 bits per heavy atom. The first-order valence-electron chi connectivity index (χ1n) is 7.25. The van der Waals surface area contributed by atoms with Gasteiger partial charge in [-0.25, -0.2) is 0 Å². The smallest absolute Gasteiger partial charge is 0.195 e. The van der Waals surface area contributed by atoms with Crippen molar-refractivity contribution in [2.75, 3.05) is 0 Å². The van der Waals surface area contributed by atoms with Crippen molar-refractivity contribution in [1.29, 1.82) is 0 Å². The SMILES string of the molecule is O=C1c2ccccc2C(=O)c2c1cccc2-c1ccccc1Br. The van der Waals surface area contributed by atoms with Crippen molar-refractivity contribution in [3.05, 3.63) is 93.5 Å². The Morgan fingerprint density at radius 1 is 0.522 bits per heavy atom. The third-order valence-electron chi connectivity index (χ3n) is 4.12. The summed E-state index contributed by atoms with van der Waals surface area (Å²) in [4.78, 5) is 25.7. The normalized spacial score (nSPS) is 12.7. The highest BCUT2D eigenvalue weighted by atomic mass is 79.9. The van der Waals surface area contributed by atoms with Crippen LogP contribution in [0, 0.1) is 0 Å². The van der Waals surface area contributed by atoms with E-state index in [0.29, 0.717) is 22.3 Å². The van der Waals surface area contributed by atoms with Gasteiger partial charge < -0.3 is 0 Å². The molecule has 1 aliphatic rings. The molecule has 0 saturated carbocycles. The molecule has 4 rings (SSSR count). The van der Waals surface area contributed by atoms with E-state index in [1.54, 1.807) is 30.3 Å². The zero-order chi connectivity index (χ0) is 16.0. The van der Waals surface area contributed by atoms with Crippen LogP contribution in [0.15, 0.2) is 71.2 Å². The molecule has 0 fully saturated rings. The fraction of sp³-hybridized carbons (Fsp3) is 0. The second-order valence-corrected chi connectivity index (χ2v) is 6.27. The van der Waals surface area contributed by atoms with Gasteiger partial charge in [0, 0.05) is 26.7 Å². The molecule has 2 nitrogen and oxygen atoms in total. The molecule has 0 atom stereocenters. The van der Waals surface area contributed by atoms with E-state index < -0.39 is 0 Å². The highest BCUT2D eigenvalue weighted by molar-refractivity contribution is 9.10. The summed E-state index contributed by atoms with van der Waals surface area (Å²) in [5, 5.41) is 0. The summed E-state index contributed by atoms with van der Waals surface area (Å²) in [5.41, 5.74) is 3.61. The second kappa shape index (κ2) is 5.28. The molecule has 3 aromatic rings. The molecule has 0 heterocycles. The van der Waals surface area contributed by atoms with E-state index in [9.17, 15) is 9.59 Å². The molecule has 3 heteroatoms. The van der Waals surface area contributed by atoms with Crippen molar-refractivity contribution in [1.82, 2.24) is 0 Å². The first-order valence-corrected chi connectivity index (χ1v) is 8.04. The molecule has 0 bridgehead atoms. The van der Waals surface area contributed by atoms with Crippen LogP contribution in [0.3, 0.4) is 0 Å². The van der Waals surface area contributed by atoms with Crippen LogP contribution in [0.5, 0.6) is 0 Å². The maximum absolute atomic E-state index is 13.0. The van der Waals surface area contributed by atoms with Gasteiger partial charge >= 0.3 is 0 Å². The minimum absolute atomic E-state index is 0.0934. The number of carbonyl (C=O) groups excluding carboxylic acids is 2. The van der Waals surface area contributed by atoms with Crippen LogP contribution in [-0.2, 0) is 0 Å². The molecule has 0 spiro atoms. The number of halogens is 1. The van der Waals surface area contributed by atoms with Gasteiger partial charge in [-0.1, -0.05) is 76.6 Å². The third kappa shape index (κ3) is 2.08. The summed E-state index contributed by atoms with van der Waals surface area (Å²) in [6.07, 6.45) is 0. The average Bonchev–Trinajstić information content (AvgIpc) is 2.59. The lowest BCUT2D eigenvalue weighted by atomic mass is 9.80. The van der Waals surface area contributed by atoms with E-state index in [2.05, 4.69) is 15.9 Å². The van der Waals surface area contributed by atoms with Crippen molar-refractivity contribution in [3.63, 3.8) is 0 Å². The van der Waals surface area contributed by atoms with Crippen LogP contribution < -0.4 is 0 Å². The van der Waals surface area contributed by atoms with E-state index in [0.717, 1.165) is 15.6 Å². The minimum atomic E-state index is -0.0958. The largest absolute Gasteiger partial charge is 0.289 e. The lowest BCUT2D eigenvalue weighted by molar-refractivity contribution is 0.0979. The number of hydrogen-bond acceptors (Lipinski definition) is 2. The van der Waals surface area contributed by atoms with Gasteiger partial charge in [0.2, 0.25) is 0 Å². The molecule has 0 aromatic heterocycles. The van der Waals surface area contributed by atoms with Crippen LogP contribution in [-0.4, -0.2) is 11.6 Å². The lowest BCUT2D eigenvalue weighted by Crippen LogP contribution is -2.21. The Bertz CT molecular complexity index is 973. The Kier molecular flexibility index (Phi) is 3.24. The first-order chi connectivity index (χ1) is 11.2. The fourth-order valence-corrected chi connectivity index (χ4v) is 3.55. The van der Waals surface area contributed by atoms with E-state index in [4.69, 9.17) is 0 Å². The van der Waals surface area contributed by atoms with Gasteiger partial charge in [0.1, 0.15) is 0 Å². The number of rotatable bonds is 1. The molecule has 0 N–H and O–H groups in total. The van der Waals surface area contributed by atoms with E-state index >= 15 is 0 Å². The summed E-state index contributed by atoms with van der Waals surface area (Å²) in [7, 11) is 0. The van der Waals surface area contributed by atoms with Gasteiger partial charge in [0.25, 0.3) is 0 Å². The van der Waals surface area contributed by atoms with Gasteiger partial charge in [0.15, 0.2) is 11.6 Å². The molecule has 23 heavy (non-hydrogen) atoms. The lowest BCUT2D eigenvalue weighted by Gasteiger charge is -2.20. The Balaban J connectivity index is 2.03. The quantitative estimate of drug-likeness (QED) is 0.483. The number of ketones is 2. The molecule has 0 amide bonds. The molecule has 110 valence electrons. The molecule has 0 saturated heterocycles. The summed E-state index contributed by atoms with van der Waals surface area (Å²) in [6, 6.07) is 20.2. The Labute approximate surface area is 141 Å². The summed E-state index contributed by atoms with van der Waals surface area (Å²) >= 11 is 3.53. The molecule has 0 unspecified atom stereocenters. The van der Waals surface area contributed by atoms with Crippen molar-refractivity contribution < 1.29 is 9.59 Å². The number of carbonyl (C=O) groups is 2. The second-order valence-electron chi connectivity index (χ2n) is 5.41. The monoisotopic (exact) mass is 362 g/mol. The van der Waals surface area contributed by atoms with Gasteiger partial charge in [-0.2, -0.15) is 0 Å². The number of benzene rings is 3. The summed E-state index contributed by atoms with van der Waals surface area (Å²) in [5.74, 6) is -0.189. The predicted octanol–water partition coefficient (Wildman–Crippen LogP) is 4.89. The standard InChI is InChI=1S/C20H11BrO2/c21-17-11-4-3-6-12(17)13-9-5-10-16-18(13)20(23)15-8-2-1-7-14(15)19(16)22/h1-11H. The third-order valence-corrected chi connectivity index (χ3v) is 4.81. The summed E-state index contributed by atoms with van der Waals surface area (Å²) in [6.45, 7) is 0.